The van der Waals surface area contributed by atoms with Crippen LogP contribution in [0, 0.1) is 17.8 Å². The summed E-state index contributed by atoms with van der Waals surface area (Å²) >= 11 is 12.2. The van der Waals surface area contributed by atoms with Gasteiger partial charge in [-0.15, -0.1) is 0 Å². The van der Waals surface area contributed by atoms with Crippen LogP contribution in [-0.4, -0.2) is 16.4 Å². The van der Waals surface area contributed by atoms with E-state index in [0.29, 0.717) is 20.9 Å². The normalized spacial score (nSPS) is 32.2. The molecule has 4 nitrogen and oxygen atoms in total. The Balaban J connectivity index is 1.49. The molecule has 136 valence electrons. The zero-order valence-corrected chi connectivity index (χ0v) is 15.8. The Kier molecular flexibility index (Phi) is 3.67. The molecule has 4 aliphatic carbocycles. The molecule has 1 amide bonds. The molecule has 0 radical (unpaired) electrons. The van der Waals surface area contributed by atoms with E-state index in [1.807, 2.05) is 0 Å². The Morgan fingerprint density at radius 3 is 2.27 bits per heavy atom. The highest BCUT2D eigenvalue weighted by molar-refractivity contribution is 6.38. The lowest BCUT2D eigenvalue weighted by Crippen LogP contribution is -2.60. The number of nitrogens with one attached hydrogen (secondary N) is 2. The third-order valence-corrected chi connectivity index (χ3v) is 7.03. The Labute approximate surface area is 161 Å². The van der Waals surface area contributed by atoms with Gasteiger partial charge in [-0.1, -0.05) is 23.2 Å². The van der Waals surface area contributed by atoms with E-state index < -0.39 is 0 Å². The Hall–Kier alpha value is -1.52. The minimum absolute atomic E-state index is 0.0958. The van der Waals surface area contributed by atoms with Gasteiger partial charge in [0.2, 0.25) is 0 Å². The number of amides is 1. The lowest BCUT2D eigenvalue weighted by molar-refractivity contribution is -0.0167. The van der Waals surface area contributed by atoms with Gasteiger partial charge in [-0.3, -0.25) is 9.59 Å². The van der Waals surface area contributed by atoms with Gasteiger partial charge in [0, 0.05) is 22.0 Å². The van der Waals surface area contributed by atoms with Crippen molar-refractivity contribution in [1.29, 1.82) is 0 Å². The first-order valence-electron chi connectivity index (χ1n) is 9.25. The maximum absolute atomic E-state index is 13.0. The lowest BCUT2D eigenvalue weighted by atomic mass is 9.53. The van der Waals surface area contributed by atoms with E-state index in [1.165, 1.54) is 25.3 Å². The maximum Gasteiger partial charge on any atom is 0.268 e. The van der Waals surface area contributed by atoms with Crippen LogP contribution in [-0.2, 0) is 0 Å². The molecule has 4 fully saturated rings. The van der Waals surface area contributed by atoms with Gasteiger partial charge in [-0.25, -0.2) is 0 Å². The van der Waals surface area contributed by atoms with Crippen molar-refractivity contribution in [3.63, 3.8) is 0 Å². The summed E-state index contributed by atoms with van der Waals surface area (Å²) in [6.45, 7) is 0. The Bertz CT molecular complexity index is 946. The van der Waals surface area contributed by atoms with Crippen LogP contribution in [0.4, 0.5) is 0 Å². The second-order valence-corrected chi connectivity index (χ2v) is 9.35. The van der Waals surface area contributed by atoms with Crippen molar-refractivity contribution < 1.29 is 4.79 Å². The molecule has 1 aromatic carbocycles. The van der Waals surface area contributed by atoms with Crippen LogP contribution in [0.25, 0.3) is 10.9 Å². The molecule has 0 spiro atoms. The summed E-state index contributed by atoms with van der Waals surface area (Å²) in [6.07, 6.45) is 7.16. The van der Waals surface area contributed by atoms with Gasteiger partial charge in [0.25, 0.3) is 5.91 Å². The predicted octanol–water partition coefficient (Wildman–Crippen LogP) is 4.53. The number of carbonyl (C=O) groups excluding carboxylic acids is 1. The van der Waals surface area contributed by atoms with Crippen LogP contribution in [0.2, 0.25) is 10.0 Å². The number of aromatic amines is 1. The maximum atomic E-state index is 13.0. The average molecular weight is 391 g/mol. The van der Waals surface area contributed by atoms with Crippen LogP contribution in [0.15, 0.2) is 23.0 Å². The third kappa shape index (κ3) is 2.66. The highest BCUT2D eigenvalue weighted by Crippen LogP contribution is 2.55. The quantitative estimate of drug-likeness (QED) is 0.790. The number of hydrogen-bond donors (Lipinski definition) is 2. The van der Waals surface area contributed by atoms with Crippen molar-refractivity contribution in [3.05, 3.63) is 44.2 Å². The molecule has 0 atom stereocenters. The number of benzene rings is 1. The van der Waals surface area contributed by atoms with Crippen molar-refractivity contribution in [2.24, 2.45) is 17.8 Å². The Morgan fingerprint density at radius 2 is 1.65 bits per heavy atom. The molecule has 2 N–H and O–H groups in total. The monoisotopic (exact) mass is 390 g/mol. The Morgan fingerprint density at radius 1 is 1.04 bits per heavy atom. The van der Waals surface area contributed by atoms with Gasteiger partial charge in [-0.2, -0.15) is 0 Å². The zero-order valence-electron chi connectivity index (χ0n) is 14.3. The van der Waals surface area contributed by atoms with E-state index in [9.17, 15) is 9.59 Å². The minimum atomic E-state index is -0.251. The average Bonchev–Trinajstić information content (AvgIpc) is 2.53. The lowest BCUT2D eigenvalue weighted by Gasteiger charge is -2.56. The number of rotatable bonds is 2. The fraction of sp³-hybridized carbons (Fsp3) is 0.500. The largest absolute Gasteiger partial charge is 0.349 e. The second-order valence-electron chi connectivity index (χ2n) is 8.51. The van der Waals surface area contributed by atoms with Gasteiger partial charge < -0.3 is 10.3 Å². The SMILES string of the molecule is O=C(NC12CC3CC(CC(C3)C1)C2)c1cc(=O)c2cc(Cl)cc(Cl)c2[nH]1. The van der Waals surface area contributed by atoms with Crippen molar-refractivity contribution >= 4 is 40.0 Å². The summed E-state index contributed by atoms with van der Waals surface area (Å²) in [6, 6.07) is 4.50. The van der Waals surface area contributed by atoms with E-state index >= 15 is 0 Å². The van der Waals surface area contributed by atoms with Crippen molar-refractivity contribution in [1.82, 2.24) is 10.3 Å². The molecule has 1 heterocycles. The molecule has 1 aromatic heterocycles. The van der Waals surface area contributed by atoms with Crippen LogP contribution in [0.3, 0.4) is 0 Å². The minimum Gasteiger partial charge on any atom is -0.349 e. The van der Waals surface area contributed by atoms with Gasteiger partial charge in [0.15, 0.2) is 5.43 Å². The van der Waals surface area contributed by atoms with Gasteiger partial charge in [0.1, 0.15) is 5.69 Å². The van der Waals surface area contributed by atoms with Gasteiger partial charge in [-0.05, 0) is 68.4 Å². The number of fused-ring (bicyclic) bond motifs is 1. The van der Waals surface area contributed by atoms with Crippen LogP contribution in [0.5, 0.6) is 0 Å². The molecule has 4 bridgehead atoms. The van der Waals surface area contributed by atoms with Gasteiger partial charge >= 0.3 is 0 Å². The van der Waals surface area contributed by atoms with E-state index in [-0.39, 0.29) is 22.6 Å². The molecule has 2 aromatic rings. The summed E-state index contributed by atoms with van der Waals surface area (Å²) in [7, 11) is 0. The van der Waals surface area contributed by atoms with Crippen LogP contribution in [0.1, 0.15) is 49.0 Å². The number of halogens is 2. The molecule has 0 saturated heterocycles. The molecule has 6 rings (SSSR count). The summed E-state index contributed by atoms with van der Waals surface area (Å²) in [5.74, 6) is 2.02. The first kappa shape index (κ1) is 16.6. The summed E-state index contributed by atoms with van der Waals surface area (Å²) in [5.41, 5.74) is 0.377. The first-order valence-corrected chi connectivity index (χ1v) is 10.0. The third-order valence-electron chi connectivity index (χ3n) is 6.52. The molecule has 6 heteroatoms. The van der Waals surface area contributed by atoms with E-state index in [0.717, 1.165) is 37.0 Å². The molecule has 4 aliphatic rings. The molecular formula is C20H20Cl2N2O2. The van der Waals surface area contributed by atoms with Crippen LogP contribution >= 0.6 is 23.2 Å². The standard InChI is InChI=1S/C20H20Cl2N2O2/c21-13-4-14-17(25)6-16(23-18(14)15(22)5-13)19(26)24-20-7-10-1-11(8-20)3-12(2-10)9-20/h4-6,10-12H,1-3,7-9H2,(H,23,25)(H,24,26). The highest BCUT2D eigenvalue weighted by atomic mass is 35.5. The second kappa shape index (κ2) is 5.74. The topological polar surface area (TPSA) is 62.0 Å². The van der Waals surface area contributed by atoms with E-state index in [4.69, 9.17) is 23.2 Å². The molecule has 4 saturated carbocycles. The fourth-order valence-corrected chi connectivity index (χ4v) is 6.51. The van der Waals surface area contributed by atoms with Crippen LogP contribution < -0.4 is 10.7 Å². The molecule has 0 unspecified atom stereocenters. The first-order chi connectivity index (χ1) is 12.4. The summed E-state index contributed by atoms with van der Waals surface area (Å²) in [5, 5.41) is 4.43. The predicted molar refractivity (Wildman–Crippen MR) is 103 cm³/mol. The highest BCUT2D eigenvalue weighted by Gasteiger charge is 2.51. The number of carbonyl (C=O) groups is 1. The smallest absolute Gasteiger partial charge is 0.268 e. The van der Waals surface area contributed by atoms with Crippen molar-refractivity contribution in [2.45, 2.75) is 44.1 Å². The number of aromatic nitrogens is 1. The van der Waals surface area contributed by atoms with Crippen molar-refractivity contribution in [3.8, 4) is 0 Å². The number of pyridine rings is 1. The number of hydrogen-bond acceptors (Lipinski definition) is 2. The molecule has 26 heavy (non-hydrogen) atoms. The van der Waals surface area contributed by atoms with Gasteiger partial charge in [0.05, 0.1) is 10.5 Å². The van der Waals surface area contributed by atoms with E-state index in [2.05, 4.69) is 10.3 Å². The zero-order chi connectivity index (χ0) is 18.1. The van der Waals surface area contributed by atoms with Crippen molar-refractivity contribution in [2.75, 3.05) is 0 Å². The van der Waals surface area contributed by atoms with E-state index in [1.54, 1.807) is 12.1 Å². The summed E-state index contributed by atoms with van der Waals surface area (Å²) in [4.78, 5) is 28.5. The molecular weight excluding hydrogens is 371 g/mol. The number of H-pyrrole nitrogens is 1. The summed E-state index contributed by atoms with van der Waals surface area (Å²) < 4.78 is 0. The molecule has 0 aliphatic heterocycles. The fourth-order valence-electron chi connectivity index (χ4n) is 5.97.